The number of piperidine rings is 1. The van der Waals surface area contributed by atoms with Gasteiger partial charge in [-0.3, -0.25) is 0 Å². The average molecular weight is 289 g/mol. The number of likely N-dealkylation sites (N-methyl/N-ethyl adjacent to an activating group) is 2. The first-order chi connectivity index (χ1) is 10.1. The van der Waals surface area contributed by atoms with Crippen LogP contribution in [0.25, 0.3) is 0 Å². The van der Waals surface area contributed by atoms with Crippen molar-refractivity contribution in [1.82, 2.24) is 10.2 Å². The van der Waals surface area contributed by atoms with E-state index in [1.54, 1.807) is 0 Å². The predicted molar refractivity (Wildman–Crippen MR) is 91.9 cm³/mol. The Hall–Kier alpha value is -1.06. The van der Waals surface area contributed by atoms with Gasteiger partial charge in [0, 0.05) is 31.9 Å². The highest BCUT2D eigenvalue weighted by molar-refractivity contribution is 5.48. The SMILES string of the molecule is CC(C)CNCc1ccc(N(C)C2CCCN(C)C2)cc1. The Morgan fingerprint density at radius 3 is 2.62 bits per heavy atom. The first kappa shape index (κ1) is 16.3. The van der Waals surface area contributed by atoms with Crippen molar-refractivity contribution in [3.05, 3.63) is 29.8 Å². The topological polar surface area (TPSA) is 18.5 Å². The van der Waals surface area contributed by atoms with Gasteiger partial charge in [0.15, 0.2) is 0 Å². The molecule has 118 valence electrons. The van der Waals surface area contributed by atoms with Gasteiger partial charge in [-0.2, -0.15) is 0 Å². The molecule has 1 aliphatic heterocycles. The number of rotatable bonds is 6. The van der Waals surface area contributed by atoms with Crippen LogP contribution < -0.4 is 10.2 Å². The summed E-state index contributed by atoms with van der Waals surface area (Å²) in [5.74, 6) is 0.707. The van der Waals surface area contributed by atoms with Crippen LogP contribution in [-0.2, 0) is 6.54 Å². The summed E-state index contributed by atoms with van der Waals surface area (Å²) in [5.41, 5.74) is 2.71. The van der Waals surface area contributed by atoms with Crippen molar-refractivity contribution in [2.24, 2.45) is 5.92 Å². The second kappa shape index (κ2) is 7.81. The molecule has 1 aliphatic rings. The molecule has 0 amide bonds. The highest BCUT2D eigenvalue weighted by Gasteiger charge is 2.21. The van der Waals surface area contributed by atoms with Crippen molar-refractivity contribution in [2.45, 2.75) is 39.3 Å². The molecule has 2 rings (SSSR count). The van der Waals surface area contributed by atoms with Crippen molar-refractivity contribution in [1.29, 1.82) is 0 Å². The van der Waals surface area contributed by atoms with Crippen LogP contribution in [0.1, 0.15) is 32.3 Å². The number of anilines is 1. The maximum Gasteiger partial charge on any atom is 0.0414 e. The zero-order chi connectivity index (χ0) is 15.2. The lowest BCUT2D eigenvalue weighted by atomic mass is 10.0. The van der Waals surface area contributed by atoms with Gasteiger partial charge in [0.25, 0.3) is 0 Å². The van der Waals surface area contributed by atoms with Crippen molar-refractivity contribution in [2.75, 3.05) is 38.6 Å². The number of hydrogen-bond donors (Lipinski definition) is 1. The molecule has 1 N–H and O–H groups in total. The maximum atomic E-state index is 3.50. The summed E-state index contributed by atoms with van der Waals surface area (Å²) in [4.78, 5) is 4.88. The minimum atomic E-state index is 0.647. The smallest absolute Gasteiger partial charge is 0.0414 e. The van der Waals surface area contributed by atoms with Gasteiger partial charge in [0.1, 0.15) is 0 Å². The van der Waals surface area contributed by atoms with E-state index in [1.807, 2.05) is 0 Å². The van der Waals surface area contributed by atoms with Crippen molar-refractivity contribution in [3.63, 3.8) is 0 Å². The third kappa shape index (κ3) is 5.01. The Bertz CT molecular complexity index is 413. The van der Waals surface area contributed by atoms with E-state index < -0.39 is 0 Å². The molecule has 1 unspecified atom stereocenters. The number of nitrogens with one attached hydrogen (secondary N) is 1. The van der Waals surface area contributed by atoms with E-state index in [1.165, 1.54) is 37.2 Å². The molecule has 0 spiro atoms. The molecule has 1 heterocycles. The summed E-state index contributed by atoms with van der Waals surface area (Å²) in [5, 5.41) is 3.50. The van der Waals surface area contributed by atoms with Crippen LogP contribution in [0, 0.1) is 5.92 Å². The van der Waals surface area contributed by atoms with E-state index in [9.17, 15) is 0 Å². The van der Waals surface area contributed by atoms with Gasteiger partial charge in [0.05, 0.1) is 0 Å². The van der Waals surface area contributed by atoms with Gasteiger partial charge in [-0.1, -0.05) is 26.0 Å². The lowest BCUT2D eigenvalue weighted by molar-refractivity contribution is 0.248. The normalized spacial score (nSPS) is 20.0. The predicted octanol–water partition coefficient (Wildman–Crippen LogP) is 2.96. The van der Waals surface area contributed by atoms with E-state index >= 15 is 0 Å². The molecule has 21 heavy (non-hydrogen) atoms. The number of benzene rings is 1. The largest absolute Gasteiger partial charge is 0.370 e. The zero-order valence-electron chi connectivity index (χ0n) is 14.1. The minimum Gasteiger partial charge on any atom is -0.370 e. The van der Waals surface area contributed by atoms with Gasteiger partial charge < -0.3 is 15.1 Å². The molecule has 0 aliphatic carbocycles. The molecule has 0 radical (unpaired) electrons. The lowest BCUT2D eigenvalue weighted by Crippen LogP contribution is -2.45. The fourth-order valence-corrected chi connectivity index (χ4v) is 3.02. The standard InChI is InChI=1S/C18H31N3/c1-15(2)12-19-13-16-7-9-17(10-8-16)21(4)18-6-5-11-20(3)14-18/h7-10,15,18-19H,5-6,11-14H2,1-4H3. The number of hydrogen-bond acceptors (Lipinski definition) is 3. The Kier molecular flexibility index (Phi) is 6.07. The second-order valence-electron chi connectivity index (χ2n) is 6.86. The maximum absolute atomic E-state index is 3.50. The van der Waals surface area contributed by atoms with Crippen LogP contribution in [0.5, 0.6) is 0 Å². The summed E-state index contributed by atoms with van der Waals surface area (Å²) in [6.07, 6.45) is 2.61. The van der Waals surface area contributed by atoms with Gasteiger partial charge in [0.2, 0.25) is 0 Å². The van der Waals surface area contributed by atoms with Gasteiger partial charge in [-0.25, -0.2) is 0 Å². The second-order valence-corrected chi connectivity index (χ2v) is 6.86. The molecule has 1 aromatic rings. The highest BCUT2D eigenvalue weighted by atomic mass is 15.2. The van der Waals surface area contributed by atoms with E-state index in [0.717, 1.165) is 13.1 Å². The number of likely N-dealkylation sites (tertiary alicyclic amines) is 1. The fraction of sp³-hybridized carbons (Fsp3) is 0.667. The first-order valence-corrected chi connectivity index (χ1v) is 8.27. The zero-order valence-corrected chi connectivity index (χ0v) is 14.1. The van der Waals surface area contributed by atoms with Gasteiger partial charge in [-0.15, -0.1) is 0 Å². The van der Waals surface area contributed by atoms with Crippen LogP contribution in [0.4, 0.5) is 5.69 Å². The summed E-state index contributed by atoms with van der Waals surface area (Å²) >= 11 is 0. The Morgan fingerprint density at radius 1 is 1.29 bits per heavy atom. The van der Waals surface area contributed by atoms with E-state index in [4.69, 9.17) is 0 Å². The quantitative estimate of drug-likeness (QED) is 0.868. The van der Waals surface area contributed by atoms with E-state index in [2.05, 4.69) is 67.3 Å². The van der Waals surface area contributed by atoms with Crippen LogP contribution >= 0.6 is 0 Å². The van der Waals surface area contributed by atoms with E-state index in [-0.39, 0.29) is 0 Å². The molecular formula is C18H31N3. The molecule has 3 heteroatoms. The molecule has 1 atom stereocenters. The van der Waals surface area contributed by atoms with Crippen molar-refractivity contribution in [3.8, 4) is 0 Å². The summed E-state index contributed by atoms with van der Waals surface area (Å²) < 4.78 is 0. The Balaban J connectivity index is 1.88. The first-order valence-electron chi connectivity index (χ1n) is 8.27. The van der Waals surface area contributed by atoms with Crippen LogP contribution in [0.2, 0.25) is 0 Å². The average Bonchev–Trinajstić information content (AvgIpc) is 2.47. The van der Waals surface area contributed by atoms with Gasteiger partial charge in [-0.05, 0) is 56.6 Å². The van der Waals surface area contributed by atoms with Gasteiger partial charge >= 0.3 is 0 Å². The fourth-order valence-electron chi connectivity index (χ4n) is 3.02. The molecule has 1 saturated heterocycles. The molecule has 0 bridgehead atoms. The molecule has 1 aromatic carbocycles. The molecule has 3 nitrogen and oxygen atoms in total. The molecule has 0 saturated carbocycles. The number of nitrogens with zero attached hydrogens (tertiary/aromatic N) is 2. The summed E-state index contributed by atoms with van der Waals surface area (Å²) in [6, 6.07) is 9.69. The highest BCUT2D eigenvalue weighted by Crippen LogP contribution is 2.21. The van der Waals surface area contributed by atoms with Crippen molar-refractivity contribution >= 4 is 5.69 Å². The monoisotopic (exact) mass is 289 g/mol. The summed E-state index contributed by atoms with van der Waals surface area (Å²) in [6.45, 7) is 8.95. The third-order valence-corrected chi connectivity index (χ3v) is 4.37. The van der Waals surface area contributed by atoms with Crippen LogP contribution in [0.3, 0.4) is 0 Å². The molecule has 0 aromatic heterocycles. The Morgan fingerprint density at radius 2 is 2.00 bits per heavy atom. The third-order valence-electron chi connectivity index (χ3n) is 4.37. The Labute approximate surface area is 130 Å². The van der Waals surface area contributed by atoms with Crippen molar-refractivity contribution < 1.29 is 0 Å². The molecular weight excluding hydrogens is 258 g/mol. The minimum absolute atomic E-state index is 0.647. The molecule has 1 fully saturated rings. The van der Waals surface area contributed by atoms with Crippen LogP contribution in [-0.4, -0.2) is 44.7 Å². The summed E-state index contributed by atoms with van der Waals surface area (Å²) in [7, 11) is 4.46. The lowest BCUT2D eigenvalue weighted by Gasteiger charge is -2.37. The van der Waals surface area contributed by atoms with E-state index in [0.29, 0.717) is 12.0 Å². The van der Waals surface area contributed by atoms with Crippen LogP contribution in [0.15, 0.2) is 24.3 Å².